The van der Waals surface area contributed by atoms with Gasteiger partial charge in [0.2, 0.25) is 0 Å². The number of ether oxygens (including phenoxy) is 1. The number of anilines is 1. The average molecular weight is 470 g/mol. The van der Waals surface area contributed by atoms with Crippen LogP contribution in [-0.2, 0) is 0 Å². The molecule has 0 amide bonds. The Bertz CT molecular complexity index is 1350. The minimum Gasteiger partial charge on any atom is -0.497 e. The standard InChI is InChI=1S/C27H27N5OS/c1-17-9-8-14-29-26(17)31-18(2)15-22(19(31)3)25-24(23-12-5-6-13-28-23)30-27(34)32(25)20-10-7-11-21(16-20)33-4/h5-16,24-25H,1-4H3,(H,30,34)/t24-,25-/m0/s1. The van der Waals surface area contributed by atoms with E-state index in [4.69, 9.17) is 17.0 Å². The Kier molecular flexibility index (Phi) is 5.79. The molecule has 0 spiro atoms. The Morgan fingerprint density at radius 3 is 2.50 bits per heavy atom. The second-order valence-electron chi connectivity index (χ2n) is 8.50. The highest BCUT2D eigenvalue weighted by Gasteiger charge is 2.42. The lowest BCUT2D eigenvalue weighted by Gasteiger charge is -2.28. The molecule has 0 saturated carbocycles. The van der Waals surface area contributed by atoms with Gasteiger partial charge < -0.3 is 19.5 Å². The number of aryl methyl sites for hydroxylation is 2. The van der Waals surface area contributed by atoms with E-state index in [1.807, 2.05) is 54.9 Å². The van der Waals surface area contributed by atoms with E-state index in [-0.39, 0.29) is 12.1 Å². The maximum Gasteiger partial charge on any atom is 0.174 e. The van der Waals surface area contributed by atoms with Crippen LogP contribution in [-0.4, -0.2) is 26.8 Å². The predicted octanol–water partition coefficient (Wildman–Crippen LogP) is 5.38. The van der Waals surface area contributed by atoms with Crippen molar-refractivity contribution in [1.29, 1.82) is 0 Å². The topological polar surface area (TPSA) is 55.2 Å². The summed E-state index contributed by atoms with van der Waals surface area (Å²) in [6, 6.07) is 20.1. The first-order valence-electron chi connectivity index (χ1n) is 11.2. The van der Waals surface area contributed by atoms with Crippen molar-refractivity contribution in [3.63, 3.8) is 0 Å². The average Bonchev–Trinajstić information content (AvgIpc) is 3.35. The maximum atomic E-state index is 5.88. The van der Waals surface area contributed by atoms with Crippen molar-refractivity contribution in [3.05, 3.63) is 101 Å². The summed E-state index contributed by atoms with van der Waals surface area (Å²) >= 11 is 5.88. The Morgan fingerprint density at radius 1 is 0.941 bits per heavy atom. The van der Waals surface area contributed by atoms with Gasteiger partial charge in [-0.05, 0) is 80.5 Å². The quantitative estimate of drug-likeness (QED) is 0.396. The van der Waals surface area contributed by atoms with E-state index in [2.05, 4.69) is 63.7 Å². The summed E-state index contributed by atoms with van der Waals surface area (Å²) in [6.07, 6.45) is 3.66. The molecule has 1 saturated heterocycles. The summed E-state index contributed by atoms with van der Waals surface area (Å²) in [6.45, 7) is 6.36. The molecule has 4 heterocycles. The third-order valence-corrected chi connectivity index (χ3v) is 6.73. The van der Waals surface area contributed by atoms with E-state index in [1.165, 1.54) is 5.56 Å². The van der Waals surface area contributed by atoms with Gasteiger partial charge in [0.25, 0.3) is 0 Å². The molecule has 4 aromatic rings. The zero-order valence-corrected chi connectivity index (χ0v) is 20.5. The van der Waals surface area contributed by atoms with Gasteiger partial charge in [-0.2, -0.15) is 0 Å². The fourth-order valence-corrected chi connectivity index (χ4v) is 5.18. The van der Waals surface area contributed by atoms with Crippen molar-refractivity contribution in [2.24, 2.45) is 0 Å². The lowest BCUT2D eigenvalue weighted by Crippen LogP contribution is -2.29. The van der Waals surface area contributed by atoms with Crippen molar-refractivity contribution in [2.75, 3.05) is 12.0 Å². The van der Waals surface area contributed by atoms with Gasteiger partial charge in [-0.3, -0.25) is 4.98 Å². The van der Waals surface area contributed by atoms with Gasteiger partial charge in [0.05, 0.1) is 24.9 Å². The monoisotopic (exact) mass is 469 g/mol. The van der Waals surface area contributed by atoms with Gasteiger partial charge in [0, 0.05) is 35.5 Å². The van der Waals surface area contributed by atoms with Crippen LogP contribution in [0.5, 0.6) is 5.75 Å². The van der Waals surface area contributed by atoms with Gasteiger partial charge in [-0.15, -0.1) is 0 Å². The van der Waals surface area contributed by atoms with Crippen LogP contribution in [0.3, 0.4) is 0 Å². The van der Waals surface area contributed by atoms with Crippen LogP contribution in [0.4, 0.5) is 5.69 Å². The molecule has 34 heavy (non-hydrogen) atoms. The second kappa shape index (κ2) is 8.91. The number of nitrogens with one attached hydrogen (secondary N) is 1. The lowest BCUT2D eigenvalue weighted by atomic mass is 9.96. The van der Waals surface area contributed by atoms with Crippen LogP contribution in [0.1, 0.15) is 40.3 Å². The molecule has 0 aliphatic carbocycles. The number of rotatable bonds is 5. The minimum atomic E-state index is -0.112. The molecule has 6 nitrogen and oxygen atoms in total. The van der Waals surface area contributed by atoms with Gasteiger partial charge >= 0.3 is 0 Å². The molecule has 5 rings (SSSR count). The van der Waals surface area contributed by atoms with Crippen molar-refractivity contribution in [3.8, 4) is 11.6 Å². The molecule has 1 aliphatic rings. The highest BCUT2D eigenvalue weighted by molar-refractivity contribution is 7.80. The van der Waals surface area contributed by atoms with Gasteiger partial charge in [-0.1, -0.05) is 18.2 Å². The van der Waals surface area contributed by atoms with Crippen molar-refractivity contribution in [2.45, 2.75) is 32.9 Å². The predicted molar refractivity (Wildman–Crippen MR) is 139 cm³/mol. The van der Waals surface area contributed by atoms with Crippen LogP contribution in [0.2, 0.25) is 0 Å². The first-order chi connectivity index (χ1) is 16.5. The Morgan fingerprint density at radius 2 is 1.76 bits per heavy atom. The molecular weight excluding hydrogens is 442 g/mol. The Labute approximate surface area is 205 Å². The minimum absolute atomic E-state index is 0.0986. The number of methoxy groups -OCH3 is 1. The van der Waals surface area contributed by atoms with Crippen molar-refractivity contribution >= 4 is 23.0 Å². The molecule has 172 valence electrons. The summed E-state index contributed by atoms with van der Waals surface area (Å²) in [4.78, 5) is 11.5. The van der Waals surface area contributed by atoms with Crippen LogP contribution < -0.4 is 15.0 Å². The molecule has 2 atom stereocenters. The van der Waals surface area contributed by atoms with Gasteiger partial charge in [0.1, 0.15) is 11.6 Å². The third-order valence-electron chi connectivity index (χ3n) is 6.41. The van der Waals surface area contributed by atoms with E-state index in [1.54, 1.807) is 7.11 Å². The van der Waals surface area contributed by atoms with Crippen molar-refractivity contribution in [1.82, 2.24) is 19.9 Å². The number of aromatic nitrogens is 3. The van der Waals surface area contributed by atoms with Crippen molar-refractivity contribution < 1.29 is 4.74 Å². The number of pyridine rings is 2. The van der Waals surface area contributed by atoms with E-state index in [0.717, 1.165) is 39.9 Å². The summed E-state index contributed by atoms with van der Waals surface area (Å²) in [5.41, 5.74) is 6.47. The molecule has 1 fully saturated rings. The van der Waals surface area contributed by atoms with Crippen LogP contribution in [0.15, 0.2) is 73.1 Å². The van der Waals surface area contributed by atoms with Crippen LogP contribution in [0.25, 0.3) is 5.82 Å². The molecule has 1 aliphatic heterocycles. The Hall–Kier alpha value is -3.71. The largest absolute Gasteiger partial charge is 0.497 e. The molecule has 1 aromatic carbocycles. The van der Waals surface area contributed by atoms with Gasteiger partial charge in [-0.25, -0.2) is 4.98 Å². The van der Waals surface area contributed by atoms with E-state index >= 15 is 0 Å². The number of thiocarbonyl (C=S) groups is 1. The molecule has 1 N–H and O–H groups in total. The zero-order chi connectivity index (χ0) is 23.8. The van der Waals surface area contributed by atoms with Crippen LogP contribution >= 0.6 is 12.2 Å². The fourth-order valence-electron chi connectivity index (χ4n) is 4.83. The highest BCUT2D eigenvalue weighted by Crippen LogP contribution is 2.44. The molecule has 0 bridgehead atoms. The fraction of sp³-hybridized carbons (Fsp3) is 0.222. The Balaban J connectivity index is 1.70. The summed E-state index contributed by atoms with van der Waals surface area (Å²) < 4.78 is 7.73. The van der Waals surface area contributed by atoms with Crippen LogP contribution in [0, 0.1) is 20.8 Å². The maximum absolute atomic E-state index is 5.88. The molecule has 7 heteroatoms. The summed E-state index contributed by atoms with van der Waals surface area (Å²) in [5, 5.41) is 4.20. The number of nitrogens with zero attached hydrogens (tertiary/aromatic N) is 4. The number of benzene rings is 1. The first-order valence-corrected chi connectivity index (χ1v) is 11.7. The highest BCUT2D eigenvalue weighted by atomic mass is 32.1. The third kappa shape index (κ3) is 3.72. The van der Waals surface area contributed by atoms with E-state index in [9.17, 15) is 0 Å². The molecule has 0 radical (unpaired) electrons. The number of hydrogen-bond donors (Lipinski definition) is 1. The second-order valence-corrected chi connectivity index (χ2v) is 8.89. The normalized spacial score (nSPS) is 17.6. The zero-order valence-electron chi connectivity index (χ0n) is 19.7. The first kappa shape index (κ1) is 22.1. The molecule has 0 unspecified atom stereocenters. The summed E-state index contributed by atoms with van der Waals surface area (Å²) in [7, 11) is 1.68. The molecule has 3 aromatic heterocycles. The summed E-state index contributed by atoms with van der Waals surface area (Å²) in [5.74, 6) is 1.73. The van der Waals surface area contributed by atoms with E-state index < -0.39 is 0 Å². The van der Waals surface area contributed by atoms with Gasteiger partial charge in [0.15, 0.2) is 5.11 Å². The molecular formula is C27H27N5OS. The van der Waals surface area contributed by atoms with E-state index in [0.29, 0.717) is 5.11 Å². The smallest absolute Gasteiger partial charge is 0.174 e. The number of hydrogen-bond acceptors (Lipinski definition) is 4. The lowest BCUT2D eigenvalue weighted by molar-refractivity contribution is 0.415. The SMILES string of the molecule is COc1cccc(N2C(=S)N[C@@H](c3ccccn3)[C@@H]2c2cc(C)n(-c3ncccc3C)c2C)c1.